The summed E-state index contributed by atoms with van der Waals surface area (Å²) in [6.07, 6.45) is 1.49. The van der Waals surface area contributed by atoms with Crippen molar-refractivity contribution in [1.82, 2.24) is 0 Å². The summed E-state index contributed by atoms with van der Waals surface area (Å²) in [4.78, 5) is 3.74. The van der Waals surface area contributed by atoms with Crippen LogP contribution in [-0.2, 0) is 4.74 Å². The molecule has 2 nitrogen and oxygen atoms in total. The molecule has 0 atom stereocenters. The molecule has 0 amide bonds. The van der Waals surface area contributed by atoms with Gasteiger partial charge in [-0.2, -0.15) is 0 Å². The SMILES string of the molecule is C1=NCCO1.[Bi]. The van der Waals surface area contributed by atoms with Crippen molar-refractivity contribution < 1.29 is 4.74 Å². The first-order chi connectivity index (χ1) is 2.50. The summed E-state index contributed by atoms with van der Waals surface area (Å²) in [6, 6.07) is 0. The molecule has 0 N–H and O–H groups in total. The third-order valence-electron chi connectivity index (χ3n) is 0.487. The van der Waals surface area contributed by atoms with Gasteiger partial charge >= 0.3 is 0 Å². The summed E-state index contributed by atoms with van der Waals surface area (Å²) in [5.41, 5.74) is 0. The second-order valence-electron chi connectivity index (χ2n) is 0.882. The molecule has 0 bridgehead atoms. The Hall–Kier alpha value is 0.353. The van der Waals surface area contributed by atoms with Crippen molar-refractivity contribution in [3.63, 3.8) is 0 Å². The summed E-state index contributed by atoms with van der Waals surface area (Å²) in [5, 5.41) is 0. The Balaban J connectivity index is 0.000000250. The molecule has 3 heteroatoms. The second kappa shape index (κ2) is 3.54. The van der Waals surface area contributed by atoms with Gasteiger partial charge in [-0.3, -0.25) is 4.99 Å². The van der Waals surface area contributed by atoms with E-state index in [2.05, 4.69) is 9.73 Å². The van der Waals surface area contributed by atoms with Gasteiger partial charge in [-0.05, 0) is 0 Å². The molecular formula is C3H5BiNO. The van der Waals surface area contributed by atoms with Crippen molar-refractivity contribution in [1.29, 1.82) is 0 Å². The molecule has 0 spiro atoms. The fraction of sp³-hybridized carbons (Fsp3) is 0.667. The molecule has 0 fully saturated rings. The fourth-order valence-corrected chi connectivity index (χ4v) is 0.264. The van der Waals surface area contributed by atoms with Crippen LogP contribution in [0.5, 0.6) is 0 Å². The summed E-state index contributed by atoms with van der Waals surface area (Å²) < 4.78 is 4.65. The molecule has 1 heterocycles. The maximum atomic E-state index is 4.65. The molecule has 1 aliphatic heterocycles. The predicted octanol–water partition coefficient (Wildman–Crippen LogP) is -0.336. The molecule has 0 aromatic carbocycles. The van der Waals surface area contributed by atoms with Crippen LogP contribution >= 0.6 is 0 Å². The van der Waals surface area contributed by atoms with Crippen molar-refractivity contribution in [3.8, 4) is 0 Å². The molecule has 3 radical (unpaired) electrons. The van der Waals surface area contributed by atoms with E-state index in [4.69, 9.17) is 0 Å². The Kier molecular flexibility index (Phi) is 3.75. The summed E-state index contributed by atoms with van der Waals surface area (Å²) in [7, 11) is 0. The van der Waals surface area contributed by atoms with Gasteiger partial charge in [-0.25, -0.2) is 0 Å². The van der Waals surface area contributed by atoms with Gasteiger partial charge in [-0.1, -0.05) is 0 Å². The molecule has 0 unspecified atom stereocenters. The van der Waals surface area contributed by atoms with E-state index < -0.39 is 0 Å². The van der Waals surface area contributed by atoms with Gasteiger partial charge in [0, 0.05) is 26.2 Å². The van der Waals surface area contributed by atoms with Crippen LogP contribution in [0.4, 0.5) is 0 Å². The van der Waals surface area contributed by atoms with Gasteiger partial charge < -0.3 is 4.74 Å². The van der Waals surface area contributed by atoms with Crippen molar-refractivity contribution >= 4 is 32.6 Å². The Morgan fingerprint density at radius 3 is 2.67 bits per heavy atom. The van der Waals surface area contributed by atoms with Gasteiger partial charge in [0.15, 0.2) is 6.40 Å². The largest absolute Gasteiger partial charge is 0.482 e. The van der Waals surface area contributed by atoms with Gasteiger partial charge in [0.1, 0.15) is 6.61 Å². The van der Waals surface area contributed by atoms with Gasteiger partial charge in [0.2, 0.25) is 0 Å². The van der Waals surface area contributed by atoms with Crippen molar-refractivity contribution in [2.24, 2.45) is 4.99 Å². The maximum absolute atomic E-state index is 4.65. The average molecular weight is 280 g/mol. The quantitative estimate of drug-likeness (QED) is 0.557. The van der Waals surface area contributed by atoms with Crippen molar-refractivity contribution in [3.05, 3.63) is 0 Å². The molecule has 0 aliphatic carbocycles. The van der Waals surface area contributed by atoms with Gasteiger partial charge in [-0.15, -0.1) is 0 Å². The van der Waals surface area contributed by atoms with Crippen LogP contribution in [0.25, 0.3) is 0 Å². The molecular weight excluding hydrogens is 275 g/mol. The summed E-state index contributed by atoms with van der Waals surface area (Å²) >= 11 is 0. The smallest absolute Gasteiger partial charge is 0.169 e. The molecule has 0 saturated heterocycles. The topological polar surface area (TPSA) is 21.6 Å². The minimum atomic E-state index is 0. The summed E-state index contributed by atoms with van der Waals surface area (Å²) in [5.74, 6) is 0. The molecule has 6 heavy (non-hydrogen) atoms. The van der Waals surface area contributed by atoms with E-state index in [-0.39, 0.29) is 26.2 Å². The van der Waals surface area contributed by atoms with E-state index in [1.807, 2.05) is 0 Å². The first-order valence-electron chi connectivity index (χ1n) is 1.60. The number of hydrogen-bond donors (Lipinski definition) is 0. The van der Waals surface area contributed by atoms with Crippen molar-refractivity contribution in [2.75, 3.05) is 13.2 Å². The molecule has 1 rings (SSSR count). The first kappa shape index (κ1) is 6.35. The van der Waals surface area contributed by atoms with E-state index in [9.17, 15) is 0 Å². The number of ether oxygens (including phenoxy) is 1. The minimum Gasteiger partial charge on any atom is -0.482 e. The Morgan fingerprint density at radius 2 is 2.50 bits per heavy atom. The Bertz CT molecular complexity index is 48.8. The zero-order valence-electron chi connectivity index (χ0n) is 3.29. The predicted molar refractivity (Wildman–Crippen MR) is 25.1 cm³/mol. The van der Waals surface area contributed by atoms with Crippen LogP contribution in [0.3, 0.4) is 0 Å². The fourth-order valence-electron chi connectivity index (χ4n) is 0.264. The zero-order valence-corrected chi connectivity index (χ0v) is 6.77. The minimum absolute atomic E-state index is 0. The molecule has 33 valence electrons. The Morgan fingerprint density at radius 1 is 1.67 bits per heavy atom. The van der Waals surface area contributed by atoms with Gasteiger partial charge in [0.25, 0.3) is 0 Å². The number of hydrogen-bond acceptors (Lipinski definition) is 2. The van der Waals surface area contributed by atoms with E-state index in [1.54, 1.807) is 0 Å². The van der Waals surface area contributed by atoms with Crippen LogP contribution in [0.2, 0.25) is 0 Å². The molecule has 0 saturated carbocycles. The third kappa shape index (κ3) is 1.71. The third-order valence-corrected chi connectivity index (χ3v) is 0.487. The van der Waals surface area contributed by atoms with Crippen LogP contribution < -0.4 is 0 Å². The standard InChI is InChI=1S/C3H5NO.Bi/c1-2-5-3-4-1;/h3H,1-2H2;. The summed E-state index contributed by atoms with van der Waals surface area (Å²) in [6.45, 7) is 1.62. The van der Waals surface area contributed by atoms with Crippen LogP contribution in [0, 0.1) is 0 Å². The van der Waals surface area contributed by atoms with Crippen molar-refractivity contribution in [2.45, 2.75) is 0 Å². The molecule has 1 aliphatic rings. The van der Waals surface area contributed by atoms with Crippen LogP contribution in [-0.4, -0.2) is 45.8 Å². The van der Waals surface area contributed by atoms with Gasteiger partial charge in [0.05, 0.1) is 6.54 Å². The van der Waals surface area contributed by atoms with Crippen LogP contribution in [0.1, 0.15) is 0 Å². The van der Waals surface area contributed by atoms with Crippen LogP contribution in [0.15, 0.2) is 4.99 Å². The van der Waals surface area contributed by atoms with E-state index >= 15 is 0 Å². The monoisotopic (exact) mass is 280 g/mol. The average Bonchev–Trinajstić information content (AvgIpc) is 1.76. The maximum Gasteiger partial charge on any atom is 0.169 e. The van der Waals surface area contributed by atoms with E-state index in [0.29, 0.717) is 0 Å². The Labute approximate surface area is 55.7 Å². The zero-order chi connectivity index (χ0) is 3.54. The normalized spacial score (nSPS) is 16.0. The number of nitrogens with zero attached hydrogens (tertiary/aromatic N) is 1. The van der Waals surface area contributed by atoms with E-state index in [1.165, 1.54) is 6.40 Å². The second-order valence-corrected chi connectivity index (χ2v) is 0.882. The van der Waals surface area contributed by atoms with E-state index in [0.717, 1.165) is 13.2 Å². The first-order valence-corrected chi connectivity index (χ1v) is 1.60. The molecule has 0 aromatic heterocycles. The number of aliphatic imine (C=N–C) groups is 1. The molecule has 0 aromatic rings. The number of rotatable bonds is 0.